The third-order valence-corrected chi connectivity index (χ3v) is 2.70. The Morgan fingerprint density at radius 3 is 2.56 bits per heavy atom. The molecule has 0 aliphatic carbocycles. The molecule has 1 amide bonds. The van der Waals surface area contributed by atoms with E-state index in [1.54, 1.807) is 0 Å². The van der Waals surface area contributed by atoms with Crippen LogP contribution in [0.25, 0.3) is 0 Å². The number of hydrogen-bond acceptors (Lipinski definition) is 6. The van der Waals surface area contributed by atoms with Crippen LogP contribution in [0.3, 0.4) is 0 Å². The van der Waals surface area contributed by atoms with E-state index in [2.05, 4.69) is 14.8 Å². The van der Waals surface area contributed by atoms with Gasteiger partial charge in [0.25, 0.3) is 0 Å². The van der Waals surface area contributed by atoms with E-state index in [1.165, 1.54) is 14.2 Å². The van der Waals surface area contributed by atoms with Crippen molar-refractivity contribution in [1.29, 1.82) is 0 Å². The average molecular weight is 259 g/mol. The first kappa shape index (κ1) is 14.4. The van der Waals surface area contributed by atoms with Gasteiger partial charge >= 0.3 is 11.9 Å². The second-order valence-corrected chi connectivity index (χ2v) is 3.93. The molecule has 1 heterocycles. The Morgan fingerprint density at radius 2 is 2.06 bits per heavy atom. The molecule has 1 aliphatic rings. The number of carbonyl (C=O) groups is 3. The summed E-state index contributed by atoms with van der Waals surface area (Å²) in [7, 11) is 2.40. The van der Waals surface area contributed by atoms with Gasteiger partial charge in [0.1, 0.15) is 6.04 Å². The number of methoxy groups -OCH3 is 2. The molecule has 0 saturated carbocycles. The summed E-state index contributed by atoms with van der Waals surface area (Å²) in [5, 5.41) is 2.48. The molecule has 0 radical (unpaired) electrons. The molecular formula is C11H17NO6. The van der Waals surface area contributed by atoms with E-state index in [-0.39, 0.29) is 18.2 Å². The number of rotatable bonds is 5. The molecule has 0 bridgehead atoms. The lowest BCUT2D eigenvalue weighted by Gasteiger charge is -2.17. The summed E-state index contributed by atoms with van der Waals surface area (Å²) in [5.41, 5.74) is 0. The fourth-order valence-corrected chi connectivity index (χ4v) is 1.62. The smallest absolute Gasteiger partial charge is 0.328 e. The molecule has 0 aromatic carbocycles. The standard InChI is InChI=1S/C11H17NO6/c1-16-9(13)5-8(11(15)17-2)12-10(14)7-3-4-18-6-7/h7-8H,3-6H2,1-2H3,(H,12,14)/t7-,8+/m1/s1. The summed E-state index contributed by atoms with van der Waals surface area (Å²) in [6.45, 7) is 0.857. The summed E-state index contributed by atoms with van der Waals surface area (Å²) in [4.78, 5) is 34.4. The van der Waals surface area contributed by atoms with Crippen molar-refractivity contribution >= 4 is 17.8 Å². The molecule has 0 aromatic heterocycles. The second-order valence-electron chi connectivity index (χ2n) is 3.93. The predicted molar refractivity (Wildman–Crippen MR) is 59.5 cm³/mol. The monoisotopic (exact) mass is 259 g/mol. The fourth-order valence-electron chi connectivity index (χ4n) is 1.62. The Morgan fingerprint density at radius 1 is 1.33 bits per heavy atom. The highest BCUT2D eigenvalue weighted by molar-refractivity contribution is 5.88. The summed E-state index contributed by atoms with van der Waals surface area (Å²) in [5.74, 6) is -1.86. The minimum Gasteiger partial charge on any atom is -0.469 e. The van der Waals surface area contributed by atoms with Crippen molar-refractivity contribution in [2.45, 2.75) is 18.9 Å². The van der Waals surface area contributed by atoms with E-state index in [0.717, 1.165) is 0 Å². The molecule has 0 spiro atoms. The Labute approximate surface area is 105 Å². The van der Waals surface area contributed by atoms with Crippen molar-refractivity contribution in [3.8, 4) is 0 Å². The summed E-state index contributed by atoms with van der Waals surface area (Å²) >= 11 is 0. The first-order chi connectivity index (χ1) is 8.58. The van der Waals surface area contributed by atoms with Crippen molar-refractivity contribution < 1.29 is 28.6 Å². The fraction of sp³-hybridized carbons (Fsp3) is 0.727. The van der Waals surface area contributed by atoms with Crippen LogP contribution in [0.5, 0.6) is 0 Å². The molecule has 7 heteroatoms. The highest BCUT2D eigenvalue weighted by Gasteiger charge is 2.30. The molecule has 1 N–H and O–H groups in total. The largest absolute Gasteiger partial charge is 0.469 e. The third kappa shape index (κ3) is 3.99. The van der Waals surface area contributed by atoms with Gasteiger partial charge in [-0.1, -0.05) is 0 Å². The summed E-state index contributed by atoms with van der Waals surface area (Å²) in [6.07, 6.45) is 0.362. The van der Waals surface area contributed by atoms with Crippen LogP contribution in [0.1, 0.15) is 12.8 Å². The molecule has 0 aromatic rings. The Balaban J connectivity index is 2.56. The van der Waals surface area contributed by atoms with Gasteiger partial charge in [0.15, 0.2) is 0 Å². The molecule has 7 nitrogen and oxygen atoms in total. The normalized spacial score (nSPS) is 20.0. The maximum absolute atomic E-state index is 11.8. The highest BCUT2D eigenvalue weighted by Crippen LogP contribution is 2.13. The van der Waals surface area contributed by atoms with Crippen molar-refractivity contribution in [3.63, 3.8) is 0 Å². The van der Waals surface area contributed by atoms with Gasteiger partial charge in [-0.25, -0.2) is 4.79 Å². The van der Waals surface area contributed by atoms with Gasteiger partial charge in [0.2, 0.25) is 5.91 Å². The quantitative estimate of drug-likeness (QED) is 0.653. The minimum atomic E-state index is -1.02. The van der Waals surface area contributed by atoms with Crippen LogP contribution in [-0.4, -0.2) is 51.3 Å². The zero-order valence-corrected chi connectivity index (χ0v) is 10.4. The summed E-state index contributed by atoms with van der Waals surface area (Å²) in [6, 6.07) is -1.02. The van der Waals surface area contributed by atoms with E-state index in [1.807, 2.05) is 0 Å². The molecule has 1 aliphatic heterocycles. The highest BCUT2D eigenvalue weighted by atomic mass is 16.5. The second kappa shape index (κ2) is 6.95. The van der Waals surface area contributed by atoms with E-state index >= 15 is 0 Å². The lowest BCUT2D eigenvalue weighted by Crippen LogP contribution is -2.45. The Bertz CT molecular complexity index is 323. The molecule has 1 rings (SSSR count). The average Bonchev–Trinajstić information content (AvgIpc) is 2.90. The van der Waals surface area contributed by atoms with E-state index in [9.17, 15) is 14.4 Å². The van der Waals surface area contributed by atoms with Gasteiger partial charge in [0, 0.05) is 6.61 Å². The number of nitrogens with one attached hydrogen (secondary N) is 1. The molecule has 102 valence electrons. The SMILES string of the molecule is COC(=O)C[C@H](NC(=O)[C@@H]1CCOC1)C(=O)OC. The zero-order valence-electron chi connectivity index (χ0n) is 10.4. The van der Waals surface area contributed by atoms with Gasteiger partial charge in [-0.3, -0.25) is 9.59 Å². The van der Waals surface area contributed by atoms with Gasteiger partial charge in [-0.05, 0) is 6.42 Å². The van der Waals surface area contributed by atoms with Crippen molar-refractivity contribution in [2.75, 3.05) is 27.4 Å². The van der Waals surface area contributed by atoms with Gasteiger partial charge in [-0.2, -0.15) is 0 Å². The molecule has 1 saturated heterocycles. The number of ether oxygens (including phenoxy) is 3. The maximum atomic E-state index is 11.8. The minimum absolute atomic E-state index is 0.248. The number of hydrogen-bond donors (Lipinski definition) is 1. The van der Waals surface area contributed by atoms with E-state index in [4.69, 9.17) is 4.74 Å². The van der Waals surface area contributed by atoms with E-state index < -0.39 is 18.0 Å². The lowest BCUT2D eigenvalue weighted by molar-refractivity contribution is -0.151. The van der Waals surface area contributed by atoms with Gasteiger partial charge in [-0.15, -0.1) is 0 Å². The van der Waals surface area contributed by atoms with Gasteiger partial charge < -0.3 is 19.5 Å². The number of amides is 1. The van der Waals surface area contributed by atoms with Crippen molar-refractivity contribution in [2.24, 2.45) is 5.92 Å². The topological polar surface area (TPSA) is 90.9 Å². The van der Waals surface area contributed by atoms with Crippen LogP contribution in [0.15, 0.2) is 0 Å². The van der Waals surface area contributed by atoms with Crippen LogP contribution >= 0.6 is 0 Å². The van der Waals surface area contributed by atoms with Crippen LogP contribution in [0.2, 0.25) is 0 Å². The first-order valence-electron chi connectivity index (χ1n) is 5.61. The zero-order chi connectivity index (χ0) is 13.5. The third-order valence-electron chi connectivity index (χ3n) is 2.70. The Kier molecular flexibility index (Phi) is 5.57. The molecule has 0 unspecified atom stereocenters. The van der Waals surface area contributed by atoms with Crippen LogP contribution in [-0.2, 0) is 28.6 Å². The van der Waals surface area contributed by atoms with Crippen molar-refractivity contribution in [3.05, 3.63) is 0 Å². The number of carbonyl (C=O) groups excluding carboxylic acids is 3. The van der Waals surface area contributed by atoms with Crippen LogP contribution < -0.4 is 5.32 Å². The summed E-state index contributed by atoms with van der Waals surface area (Å²) < 4.78 is 14.1. The maximum Gasteiger partial charge on any atom is 0.328 e. The molecule has 18 heavy (non-hydrogen) atoms. The molecule has 1 fully saturated rings. The molecule has 2 atom stereocenters. The van der Waals surface area contributed by atoms with Gasteiger partial charge in [0.05, 0.1) is 33.2 Å². The first-order valence-corrected chi connectivity index (χ1v) is 5.61. The van der Waals surface area contributed by atoms with Crippen LogP contribution in [0.4, 0.5) is 0 Å². The predicted octanol–water partition coefficient (Wildman–Crippen LogP) is -0.756. The Hall–Kier alpha value is -1.63. The lowest BCUT2D eigenvalue weighted by atomic mass is 10.1. The van der Waals surface area contributed by atoms with E-state index in [0.29, 0.717) is 19.6 Å². The van der Waals surface area contributed by atoms with Crippen molar-refractivity contribution in [1.82, 2.24) is 5.32 Å². The number of esters is 2. The molecular weight excluding hydrogens is 242 g/mol. The van der Waals surface area contributed by atoms with Crippen LogP contribution in [0, 0.1) is 5.92 Å².